The van der Waals surface area contributed by atoms with Gasteiger partial charge in [0.15, 0.2) is 0 Å². The number of rotatable bonds is 3. The van der Waals surface area contributed by atoms with Crippen LogP contribution in [0.4, 0.5) is 0 Å². The van der Waals surface area contributed by atoms with Gasteiger partial charge in [-0.3, -0.25) is 0 Å². The topological polar surface area (TPSA) is 29.5 Å². The van der Waals surface area contributed by atoms with Crippen molar-refractivity contribution in [1.82, 2.24) is 0 Å². The number of hydrogen-bond donors (Lipinski definition) is 1. The van der Waals surface area contributed by atoms with Crippen LogP contribution in [0.2, 0.25) is 0 Å². The van der Waals surface area contributed by atoms with Crippen LogP contribution in [0.25, 0.3) is 0 Å². The number of aliphatic hydroxyl groups is 1. The van der Waals surface area contributed by atoms with Gasteiger partial charge < -0.3 is 9.84 Å². The van der Waals surface area contributed by atoms with Gasteiger partial charge >= 0.3 is 0 Å². The van der Waals surface area contributed by atoms with E-state index in [0.717, 1.165) is 60.2 Å². The fourth-order valence-electron chi connectivity index (χ4n) is 9.23. The van der Waals surface area contributed by atoms with Crippen molar-refractivity contribution >= 4 is 0 Å². The van der Waals surface area contributed by atoms with Crippen LogP contribution >= 0.6 is 0 Å². The maximum Gasteiger partial charge on any atom is 0.0616 e. The lowest BCUT2D eigenvalue weighted by Gasteiger charge is -2.57. The Hall–Kier alpha value is -0.0800. The molecule has 4 saturated carbocycles. The highest BCUT2D eigenvalue weighted by molar-refractivity contribution is 5.08. The molecule has 10 unspecified atom stereocenters. The Kier molecular flexibility index (Phi) is 5.15. The molecule has 2 heteroatoms. The Morgan fingerprint density at radius 1 is 1.00 bits per heavy atom. The normalized spacial score (nSPS) is 55.5. The van der Waals surface area contributed by atoms with Crippen LogP contribution in [0, 0.1) is 52.8 Å². The van der Waals surface area contributed by atoms with Crippen LogP contribution in [0.5, 0.6) is 0 Å². The van der Waals surface area contributed by atoms with E-state index >= 15 is 0 Å². The molecule has 0 radical (unpaired) electrons. The second kappa shape index (κ2) is 7.26. The number of hydrogen-bond acceptors (Lipinski definition) is 2. The third-order valence-electron chi connectivity index (χ3n) is 10.5. The van der Waals surface area contributed by atoms with Crippen molar-refractivity contribution in [2.45, 2.75) is 110 Å². The van der Waals surface area contributed by atoms with E-state index in [1.165, 1.54) is 51.4 Å². The first-order chi connectivity index (χ1) is 13.4. The average Bonchev–Trinajstić information content (AvgIpc) is 3.15. The quantitative estimate of drug-likeness (QED) is 0.636. The molecule has 11 atom stereocenters. The van der Waals surface area contributed by atoms with Gasteiger partial charge in [-0.15, -0.1) is 0 Å². The third kappa shape index (κ3) is 3.11. The molecule has 4 aliphatic carbocycles. The van der Waals surface area contributed by atoms with Gasteiger partial charge in [0, 0.05) is 0 Å². The van der Waals surface area contributed by atoms with E-state index in [9.17, 15) is 5.11 Å². The molecule has 28 heavy (non-hydrogen) atoms. The van der Waals surface area contributed by atoms with Crippen molar-refractivity contribution in [2.24, 2.45) is 52.8 Å². The molecule has 0 aromatic heterocycles. The SMILES string of the molecule is CC(C)CCC1OC2CC3C4CCC5(C)C[C@@H](O)CCC5C4CCC3C2C1C. The summed E-state index contributed by atoms with van der Waals surface area (Å²) in [5.41, 5.74) is 0.422. The van der Waals surface area contributed by atoms with E-state index in [0.29, 0.717) is 17.6 Å². The smallest absolute Gasteiger partial charge is 0.0616 e. The minimum absolute atomic E-state index is 0.0306. The van der Waals surface area contributed by atoms with E-state index < -0.39 is 0 Å². The summed E-state index contributed by atoms with van der Waals surface area (Å²) in [5.74, 6) is 7.10. The predicted octanol–water partition coefficient (Wildman–Crippen LogP) is 6.07. The van der Waals surface area contributed by atoms with Gasteiger partial charge in [-0.25, -0.2) is 0 Å². The summed E-state index contributed by atoms with van der Waals surface area (Å²) in [5, 5.41) is 10.3. The Morgan fingerprint density at radius 2 is 1.79 bits per heavy atom. The van der Waals surface area contributed by atoms with Crippen LogP contribution in [0.15, 0.2) is 0 Å². The highest BCUT2D eigenvalue weighted by Gasteiger charge is 2.60. The zero-order chi connectivity index (χ0) is 19.6. The van der Waals surface area contributed by atoms with Crippen molar-refractivity contribution in [3.63, 3.8) is 0 Å². The molecule has 5 rings (SSSR count). The van der Waals surface area contributed by atoms with E-state index in [1.807, 2.05) is 0 Å². The fourth-order valence-corrected chi connectivity index (χ4v) is 9.23. The first-order valence-corrected chi connectivity index (χ1v) is 12.7. The molecule has 0 aromatic rings. The van der Waals surface area contributed by atoms with Crippen molar-refractivity contribution in [3.8, 4) is 0 Å². The van der Waals surface area contributed by atoms with Crippen molar-refractivity contribution in [2.75, 3.05) is 0 Å². The van der Waals surface area contributed by atoms with Crippen LogP contribution in [-0.4, -0.2) is 23.4 Å². The Morgan fingerprint density at radius 3 is 2.57 bits per heavy atom. The van der Waals surface area contributed by atoms with Gasteiger partial charge in [0.2, 0.25) is 0 Å². The molecular weight excluding hydrogens is 344 g/mol. The first kappa shape index (κ1) is 19.9. The lowest BCUT2D eigenvalue weighted by molar-refractivity contribution is -0.0995. The van der Waals surface area contributed by atoms with Crippen molar-refractivity contribution in [3.05, 3.63) is 0 Å². The van der Waals surface area contributed by atoms with E-state index in [-0.39, 0.29) is 6.10 Å². The summed E-state index contributed by atoms with van der Waals surface area (Å²) in [7, 11) is 0. The van der Waals surface area contributed by atoms with Gasteiger partial charge in [-0.1, -0.05) is 27.7 Å². The monoisotopic (exact) mass is 388 g/mol. The van der Waals surface area contributed by atoms with Gasteiger partial charge in [0.1, 0.15) is 0 Å². The zero-order valence-corrected chi connectivity index (χ0v) is 18.8. The summed E-state index contributed by atoms with van der Waals surface area (Å²) < 4.78 is 6.73. The second-order valence-electron chi connectivity index (χ2n) is 12.3. The van der Waals surface area contributed by atoms with Crippen LogP contribution < -0.4 is 0 Å². The average molecular weight is 389 g/mol. The molecule has 1 heterocycles. The summed E-state index contributed by atoms with van der Waals surface area (Å²) in [6.45, 7) is 9.72. The Balaban J connectivity index is 1.29. The molecule has 1 aliphatic heterocycles. The lowest BCUT2D eigenvalue weighted by atomic mass is 9.48. The first-order valence-electron chi connectivity index (χ1n) is 12.7. The highest BCUT2D eigenvalue weighted by atomic mass is 16.5. The number of aliphatic hydroxyl groups excluding tert-OH is 1. The molecule has 0 spiro atoms. The van der Waals surface area contributed by atoms with Crippen LogP contribution in [0.1, 0.15) is 91.9 Å². The molecule has 5 aliphatic rings. The van der Waals surface area contributed by atoms with E-state index in [1.54, 1.807) is 0 Å². The summed E-state index contributed by atoms with van der Waals surface area (Å²) in [4.78, 5) is 0. The minimum atomic E-state index is -0.0306. The molecule has 1 saturated heterocycles. The molecule has 0 amide bonds. The molecule has 1 N–H and O–H groups in total. The van der Waals surface area contributed by atoms with E-state index in [4.69, 9.17) is 4.74 Å². The molecule has 2 nitrogen and oxygen atoms in total. The highest BCUT2D eigenvalue weighted by Crippen LogP contribution is 2.64. The van der Waals surface area contributed by atoms with Crippen LogP contribution in [0.3, 0.4) is 0 Å². The van der Waals surface area contributed by atoms with Gasteiger partial charge in [-0.05, 0) is 117 Å². The van der Waals surface area contributed by atoms with E-state index in [2.05, 4.69) is 27.7 Å². The summed E-state index contributed by atoms with van der Waals surface area (Å²) in [6, 6.07) is 0. The maximum absolute atomic E-state index is 10.3. The molecular formula is C26H44O2. The van der Waals surface area contributed by atoms with Crippen LogP contribution in [-0.2, 0) is 4.74 Å². The largest absolute Gasteiger partial charge is 0.393 e. The maximum atomic E-state index is 10.3. The minimum Gasteiger partial charge on any atom is -0.393 e. The Bertz CT molecular complexity index is 573. The zero-order valence-electron chi connectivity index (χ0n) is 18.8. The second-order valence-corrected chi connectivity index (χ2v) is 12.3. The Labute approximate surface area is 173 Å². The molecule has 0 aromatic carbocycles. The molecule has 5 fully saturated rings. The number of ether oxygens (including phenoxy) is 1. The summed E-state index contributed by atoms with van der Waals surface area (Å²) in [6.07, 6.45) is 14.2. The molecule has 160 valence electrons. The number of fused-ring (bicyclic) bond motifs is 7. The van der Waals surface area contributed by atoms with Crippen molar-refractivity contribution in [1.29, 1.82) is 0 Å². The molecule has 0 bridgehead atoms. The van der Waals surface area contributed by atoms with Gasteiger partial charge in [0.25, 0.3) is 0 Å². The van der Waals surface area contributed by atoms with Crippen molar-refractivity contribution < 1.29 is 9.84 Å². The van der Waals surface area contributed by atoms with Gasteiger partial charge in [0.05, 0.1) is 18.3 Å². The standard InChI is InChI=1S/C26H44O2/c1-15(2)5-10-23-16(3)25-20-8-7-19-18(21(20)13-24(25)28-23)11-12-26(4)14-17(27)6-9-22(19)26/h15-25,27H,5-14H2,1-4H3/t16?,17-,18?,19?,20?,21?,22?,23?,24?,25?,26?/m0/s1. The summed E-state index contributed by atoms with van der Waals surface area (Å²) >= 11 is 0. The lowest BCUT2D eigenvalue weighted by Crippen LogP contribution is -2.50. The third-order valence-corrected chi connectivity index (χ3v) is 10.5. The predicted molar refractivity (Wildman–Crippen MR) is 114 cm³/mol. The van der Waals surface area contributed by atoms with Gasteiger partial charge in [-0.2, -0.15) is 0 Å². The fraction of sp³-hybridized carbons (Fsp3) is 1.00.